The Hall–Kier alpha value is -0.910. The lowest BCUT2D eigenvalue weighted by Crippen LogP contribution is -2.49. The molecule has 17 heavy (non-hydrogen) atoms. The second kappa shape index (κ2) is 7.42. The summed E-state index contributed by atoms with van der Waals surface area (Å²) in [6.45, 7) is 7.25. The van der Waals surface area contributed by atoms with E-state index in [4.69, 9.17) is 15.2 Å². The summed E-state index contributed by atoms with van der Waals surface area (Å²) in [5.74, 6) is -0.287. The Morgan fingerprint density at radius 3 is 3.12 bits per heavy atom. The molecule has 0 aliphatic carbocycles. The van der Waals surface area contributed by atoms with E-state index < -0.39 is 0 Å². The Morgan fingerprint density at radius 1 is 1.71 bits per heavy atom. The lowest BCUT2D eigenvalue weighted by molar-refractivity contribution is -0.137. The monoisotopic (exact) mass is 242 g/mol. The van der Waals surface area contributed by atoms with Gasteiger partial charge in [0.15, 0.2) is 0 Å². The van der Waals surface area contributed by atoms with Gasteiger partial charge in [-0.2, -0.15) is 0 Å². The molecule has 1 aliphatic heterocycles. The van der Waals surface area contributed by atoms with Crippen molar-refractivity contribution < 1.29 is 14.3 Å². The number of nitrogens with zero attached hydrogens (tertiary/aromatic N) is 1. The molecule has 0 aromatic heterocycles. The van der Waals surface area contributed by atoms with Crippen molar-refractivity contribution in [3.63, 3.8) is 0 Å². The molecule has 1 rings (SSSR count). The third-order valence-corrected chi connectivity index (χ3v) is 2.67. The summed E-state index contributed by atoms with van der Waals surface area (Å²) in [7, 11) is 0. The molecule has 2 atom stereocenters. The first-order valence-electron chi connectivity index (χ1n) is 6.06. The lowest BCUT2D eigenvalue weighted by atomic mass is 10.1. The fraction of sp³-hybridized carbons (Fsp3) is 0.750. The highest BCUT2D eigenvalue weighted by Gasteiger charge is 2.22. The quantitative estimate of drug-likeness (QED) is 0.549. The van der Waals surface area contributed by atoms with Gasteiger partial charge in [-0.3, -0.25) is 4.90 Å². The van der Waals surface area contributed by atoms with E-state index in [1.807, 2.05) is 13.0 Å². The third-order valence-electron chi connectivity index (χ3n) is 2.67. The van der Waals surface area contributed by atoms with E-state index >= 15 is 0 Å². The number of morpholine rings is 1. The summed E-state index contributed by atoms with van der Waals surface area (Å²) < 4.78 is 10.4. The molecule has 0 radical (unpaired) electrons. The highest BCUT2D eigenvalue weighted by Crippen LogP contribution is 2.07. The SMILES string of the molecule is CCOC(=O)/C=C/CN1CCOC(C(C)N)C1. The summed E-state index contributed by atoms with van der Waals surface area (Å²) in [5, 5.41) is 0. The molecule has 5 nitrogen and oxygen atoms in total. The molecule has 1 aliphatic rings. The zero-order chi connectivity index (χ0) is 12.7. The third kappa shape index (κ3) is 5.30. The van der Waals surface area contributed by atoms with Crippen LogP contribution in [0.4, 0.5) is 0 Å². The fourth-order valence-corrected chi connectivity index (χ4v) is 1.70. The molecular formula is C12H22N2O3. The smallest absolute Gasteiger partial charge is 0.330 e. The van der Waals surface area contributed by atoms with Crippen molar-refractivity contribution in [3.05, 3.63) is 12.2 Å². The van der Waals surface area contributed by atoms with Crippen molar-refractivity contribution in [2.75, 3.05) is 32.8 Å². The van der Waals surface area contributed by atoms with Gasteiger partial charge in [0.25, 0.3) is 0 Å². The Kier molecular flexibility index (Phi) is 6.18. The molecule has 0 saturated carbocycles. The van der Waals surface area contributed by atoms with E-state index in [0.717, 1.165) is 19.6 Å². The molecule has 1 heterocycles. The highest BCUT2D eigenvalue weighted by molar-refractivity contribution is 5.81. The topological polar surface area (TPSA) is 64.8 Å². The van der Waals surface area contributed by atoms with Gasteiger partial charge in [-0.25, -0.2) is 4.79 Å². The summed E-state index contributed by atoms with van der Waals surface area (Å²) in [6.07, 6.45) is 3.38. The number of hydrogen-bond acceptors (Lipinski definition) is 5. The molecular weight excluding hydrogens is 220 g/mol. The number of carbonyl (C=O) groups excluding carboxylic acids is 1. The minimum absolute atomic E-state index is 0.0341. The molecule has 0 aromatic rings. The van der Waals surface area contributed by atoms with E-state index in [2.05, 4.69) is 4.90 Å². The van der Waals surface area contributed by atoms with Gasteiger partial charge in [0, 0.05) is 31.8 Å². The highest BCUT2D eigenvalue weighted by atomic mass is 16.5. The van der Waals surface area contributed by atoms with Gasteiger partial charge in [0.2, 0.25) is 0 Å². The number of nitrogens with two attached hydrogens (primary N) is 1. The zero-order valence-corrected chi connectivity index (χ0v) is 10.6. The van der Waals surface area contributed by atoms with E-state index in [1.165, 1.54) is 6.08 Å². The zero-order valence-electron chi connectivity index (χ0n) is 10.6. The number of rotatable bonds is 5. The first-order valence-corrected chi connectivity index (χ1v) is 6.06. The predicted octanol–water partition coefficient (Wildman–Crippen LogP) is 0.154. The molecule has 98 valence electrons. The Labute approximate surface area is 103 Å². The molecule has 1 saturated heterocycles. The van der Waals surface area contributed by atoms with Crippen molar-refractivity contribution in [1.82, 2.24) is 4.90 Å². The minimum Gasteiger partial charge on any atom is -0.463 e. The molecule has 0 spiro atoms. The van der Waals surface area contributed by atoms with Crippen LogP contribution >= 0.6 is 0 Å². The normalized spacial score (nSPS) is 23.8. The number of hydrogen-bond donors (Lipinski definition) is 1. The summed E-state index contributed by atoms with van der Waals surface area (Å²) in [4.78, 5) is 13.3. The molecule has 2 unspecified atom stereocenters. The minimum atomic E-state index is -0.287. The Balaban J connectivity index is 2.29. The van der Waals surface area contributed by atoms with Crippen LogP contribution in [0.3, 0.4) is 0 Å². The first kappa shape index (κ1) is 14.2. The van der Waals surface area contributed by atoms with Gasteiger partial charge < -0.3 is 15.2 Å². The summed E-state index contributed by atoms with van der Waals surface area (Å²) in [5.41, 5.74) is 5.80. The maximum atomic E-state index is 11.1. The van der Waals surface area contributed by atoms with Crippen LogP contribution in [-0.2, 0) is 14.3 Å². The number of ether oxygens (including phenoxy) is 2. The molecule has 2 N–H and O–H groups in total. The first-order chi connectivity index (χ1) is 8.13. The van der Waals surface area contributed by atoms with Crippen molar-refractivity contribution in [2.24, 2.45) is 5.73 Å². The van der Waals surface area contributed by atoms with Gasteiger partial charge in [-0.15, -0.1) is 0 Å². The van der Waals surface area contributed by atoms with Crippen LogP contribution in [0.15, 0.2) is 12.2 Å². The summed E-state index contributed by atoms with van der Waals surface area (Å²) in [6, 6.07) is 0.0341. The molecule has 0 amide bonds. The van der Waals surface area contributed by atoms with Gasteiger partial charge in [-0.1, -0.05) is 6.08 Å². The number of carbonyl (C=O) groups is 1. The average molecular weight is 242 g/mol. The van der Waals surface area contributed by atoms with Crippen molar-refractivity contribution >= 4 is 5.97 Å². The Bertz CT molecular complexity index is 266. The average Bonchev–Trinajstić information content (AvgIpc) is 2.30. The van der Waals surface area contributed by atoms with Crippen LogP contribution in [-0.4, -0.2) is 55.9 Å². The van der Waals surface area contributed by atoms with E-state index in [-0.39, 0.29) is 18.1 Å². The van der Waals surface area contributed by atoms with Crippen molar-refractivity contribution in [2.45, 2.75) is 26.0 Å². The van der Waals surface area contributed by atoms with E-state index in [1.54, 1.807) is 6.92 Å². The summed E-state index contributed by atoms with van der Waals surface area (Å²) >= 11 is 0. The molecule has 0 aromatic carbocycles. The second-order valence-corrected chi connectivity index (χ2v) is 4.18. The molecule has 5 heteroatoms. The molecule has 1 fully saturated rings. The van der Waals surface area contributed by atoms with Crippen molar-refractivity contribution in [1.29, 1.82) is 0 Å². The number of esters is 1. The van der Waals surface area contributed by atoms with Crippen LogP contribution in [0, 0.1) is 0 Å². The largest absolute Gasteiger partial charge is 0.463 e. The maximum Gasteiger partial charge on any atom is 0.330 e. The second-order valence-electron chi connectivity index (χ2n) is 4.18. The Morgan fingerprint density at radius 2 is 2.47 bits per heavy atom. The van der Waals surface area contributed by atoms with Crippen LogP contribution in [0.5, 0.6) is 0 Å². The maximum absolute atomic E-state index is 11.1. The van der Waals surface area contributed by atoms with Gasteiger partial charge in [0.05, 0.1) is 19.3 Å². The van der Waals surface area contributed by atoms with Gasteiger partial charge in [-0.05, 0) is 13.8 Å². The van der Waals surface area contributed by atoms with E-state index in [9.17, 15) is 4.79 Å². The standard InChI is InChI=1S/C12H22N2O3/c1-3-16-12(15)5-4-6-14-7-8-17-11(9-14)10(2)13/h4-5,10-11H,3,6-9,13H2,1-2H3/b5-4+. The van der Waals surface area contributed by atoms with Gasteiger partial charge >= 0.3 is 5.97 Å². The van der Waals surface area contributed by atoms with E-state index in [0.29, 0.717) is 13.2 Å². The van der Waals surface area contributed by atoms with Crippen LogP contribution in [0.1, 0.15) is 13.8 Å². The lowest BCUT2D eigenvalue weighted by Gasteiger charge is -2.34. The molecule has 0 bridgehead atoms. The van der Waals surface area contributed by atoms with Crippen LogP contribution in [0.25, 0.3) is 0 Å². The van der Waals surface area contributed by atoms with Crippen LogP contribution < -0.4 is 5.73 Å². The fourth-order valence-electron chi connectivity index (χ4n) is 1.70. The van der Waals surface area contributed by atoms with Gasteiger partial charge in [0.1, 0.15) is 0 Å². The predicted molar refractivity (Wildman–Crippen MR) is 65.6 cm³/mol. The van der Waals surface area contributed by atoms with Crippen molar-refractivity contribution in [3.8, 4) is 0 Å². The van der Waals surface area contributed by atoms with Crippen LogP contribution in [0.2, 0.25) is 0 Å².